The molecule has 1 aromatic rings. The summed E-state index contributed by atoms with van der Waals surface area (Å²) in [6.45, 7) is 4.07. The number of alkyl halides is 2. The maximum Gasteiger partial charge on any atom is 0.272 e. The minimum absolute atomic E-state index is 0.354. The van der Waals surface area contributed by atoms with Gasteiger partial charge in [-0.3, -0.25) is 4.98 Å². The van der Waals surface area contributed by atoms with Crippen LogP contribution in [0.3, 0.4) is 0 Å². The monoisotopic (exact) mass is 230 g/mol. The summed E-state index contributed by atoms with van der Waals surface area (Å²) >= 11 is 0. The van der Waals surface area contributed by atoms with Gasteiger partial charge in [0.2, 0.25) is 0 Å². The Morgan fingerprint density at radius 2 is 2.19 bits per heavy atom. The maximum atomic E-state index is 11.9. The van der Waals surface area contributed by atoms with Crippen molar-refractivity contribution in [2.45, 2.75) is 32.9 Å². The van der Waals surface area contributed by atoms with Gasteiger partial charge in [-0.15, -0.1) is 0 Å². The lowest BCUT2D eigenvalue weighted by Gasteiger charge is -2.09. The first-order valence-electron chi connectivity index (χ1n) is 5.17. The molecule has 0 unspecified atom stereocenters. The SMILES string of the molecule is CC(C)NCc1cc(OCC(F)F)ccn1. The van der Waals surface area contributed by atoms with E-state index < -0.39 is 13.0 Å². The molecule has 0 aliphatic rings. The quantitative estimate of drug-likeness (QED) is 0.813. The van der Waals surface area contributed by atoms with Crippen LogP contribution in [0.2, 0.25) is 0 Å². The number of hydrogen-bond acceptors (Lipinski definition) is 3. The number of rotatable bonds is 6. The molecule has 0 saturated heterocycles. The van der Waals surface area contributed by atoms with E-state index in [0.717, 1.165) is 5.69 Å². The van der Waals surface area contributed by atoms with E-state index in [1.54, 1.807) is 18.3 Å². The Balaban J connectivity index is 2.50. The summed E-state index contributed by atoms with van der Waals surface area (Å²) < 4.78 is 28.7. The Labute approximate surface area is 93.8 Å². The Bertz CT molecular complexity index is 291. The van der Waals surface area contributed by atoms with Crippen LogP contribution in [0.4, 0.5) is 8.78 Å². The van der Waals surface area contributed by atoms with E-state index in [4.69, 9.17) is 4.74 Å². The zero-order valence-electron chi connectivity index (χ0n) is 9.41. The molecule has 1 heterocycles. The van der Waals surface area contributed by atoms with Crippen LogP contribution in [0.5, 0.6) is 5.75 Å². The van der Waals surface area contributed by atoms with E-state index >= 15 is 0 Å². The maximum absolute atomic E-state index is 11.9. The average molecular weight is 230 g/mol. The first kappa shape index (κ1) is 12.8. The summed E-state index contributed by atoms with van der Waals surface area (Å²) in [5.41, 5.74) is 0.778. The summed E-state index contributed by atoms with van der Waals surface area (Å²) in [4.78, 5) is 4.11. The fourth-order valence-electron chi connectivity index (χ4n) is 1.11. The standard InChI is InChI=1S/C11H16F2N2O/c1-8(2)15-6-9-5-10(3-4-14-9)16-7-11(12)13/h3-5,8,11,15H,6-7H2,1-2H3. The summed E-state index contributed by atoms with van der Waals surface area (Å²) in [5, 5.41) is 3.19. The molecule has 0 bridgehead atoms. The van der Waals surface area contributed by atoms with Crippen molar-refractivity contribution in [1.82, 2.24) is 10.3 Å². The highest BCUT2D eigenvalue weighted by Crippen LogP contribution is 2.12. The largest absolute Gasteiger partial charge is 0.488 e. The number of pyridine rings is 1. The molecule has 0 aliphatic heterocycles. The molecule has 1 N–H and O–H groups in total. The van der Waals surface area contributed by atoms with Crippen molar-refractivity contribution in [3.05, 3.63) is 24.0 Å². The molecule has 0 aromatic carbocycles. The van der Waals surface area contributed by atoms with Crippen LogP contribution in [0.1, 0.15) is 19.5 Å². The first-order valence-corrected chi connectivity index (χ1v) is 5.17. The summed E-state index contributed by atoms with van der Waals surface area (Å²) in [5.74, 6) is 0.427. The normalized spacial score (nSPS) is 11.1. The number of ether oxygens (including phenoxy) is 1. The lowest BCUT2D eigenvalue weighted by atomic mass is 10.3. The van der Waals surface area contributed by atoms with E-state index in [9.17, 15) is 8.78 Å². The van der Waals surface area contributed by atoms with Crippen molar-refractivity contribution in [2.24, 2.45) is 0 Å². The van der Waals surface area contributed by atoms with Gasteiger partial charge in [0.1, 0.15) is 12.4 Å². The molecule has 0 aliphatic carbocycles. The van der Waals surface area contributed by atoms with Crippen molar-refractivity contribution in [3.8, 4) is 5.75 Å². The predicted molar refractivity (Wildman–Crippen MR) is 57.7 cm³/mol. The molecular formula is C11H16F2N2O. The number of hydrogen-bond donors (Lipinski definition) is 1. The summed E-state index contributed by atoms with van der Waals surface area (Å²) in [6, 6.07) is 3.59. The number of nitrogens with one attached hydrogen (secondary N) is 1. The molecule has 1 rings (SSSR count). The van der Waals surface area contributed by atoms with Gasteiger partial charge in [0.05, 0.1) is 5.69 Å². The van der Waals surface area contributed by atoms with Gasteiger partial charge >= 0.3 is 0 Å². The van der Waals surface area contributed by atoms with Gasteiger partial charge in [0.25, 0.3) is 6.43 Å². The molecule has 0 fully saturated rings. The highest BCUT2D eigenvalue weighted by Gasteiger charge is 2.04. The highest BCUT2D eigenvalue weighted by molar-refractivity contribution is 5.22. The zero-order valence-corrected chi connectivity index (χ0v) is 9.41. The van der Waals surface area contributed by atoms with Gasteiger partial charge < -0.3 is 10.1 Å². The molecule has 3 nitrogen and oxygen atoms in total. The van der Waals surface area contributed by atoms with Crippen LogP contribution < -0.4 is 10.1 Å². The Hall–Kier alpha value is -1.23. The number of aromatic nitrogens is 1. The molecule has 90 valence electrons. The Morgan fingerprint density at radius 3 is 2.81 bits per heavy atom. The van der Waals surface area contributed by atoms with Crippen LogP contribution in [-0.4, -0.2) is 24.1 Å². The Morgan fingerprint density at radius 1 is 1.44 bits per heavy atom. The molecule has 5 heteroatoms. The lowest BCUT2D eigenvalue weighted by Crippen LogP contribution is -2.22. The fourth-order valence-corrected chi connectivity index (χ4v) is 1.11. The van der Waals surface area contributed by atoms with Gasteiger partial charge in [0, 0.05) is 24.8 Å². The van der Waals surface area contributed by atoms with E-state index in [1.807, 2.05) is 13.8 Å². The number of nitrogens with zero attached hydrogens (tertiary/aromatic N) is 1. The lowest BCUT2D eigenvalue weighted by molar-refractivity contribution is 0.0818. The van der Waals surface area contributed by atoms with Gasteiger partial charge in [0.15, 0.2) is 0 Å². The molecule has 0 saturated carbocycles. The van der Waals surface area contributed by atoms with Gasteiger partial charge in [-0.05, 0) is 6.07 Å². The molecule has 0 amide bonds. The third kappa shape index (κ3) is 5.02. The predicted octanol–water partition coefficient (Wildman–Crippen LogP) is 2.22. The highest BCUT2D eigenvalue weighted by atomic mass is 19.3. The summed E-state index contributed by atoms with van der Waals surface area (Å²) in [6.07, 6.45) is -0.900. The van der Waals surface area contributed by atoms with Gasteiger partial charge in [-0.1, -0.05) is 13.8 Å². The molecular weight excluding hydrogens is 214 g/mol. The van der Waals surface area contributed by atoms with Crippen LogP contribution in [0.15, 0.2) is 18.3 Å². The zero-order chi connectivity index (χ0) is 12.0. The van der Waals surface area contributed by atoms with Crippen LogP contribution >= 0.6 is 0 Å². The molecule has 0 spiro atoms. The van der Waals surface area contributed by atoms with E-state index in [0.29, 0.717) is 18.3 Å². The van der Waals surface area contributed by atoms with Crippen LogP contribution in [-0.2, 0) is 6.54 Å². The minimum atomic E-state index is -2.45. The fraction of sp³-hybridized carbons (Fsp3) is 0.545. The van der Waals surface area contributed by atoms with Crippen molar-refractivity contribution in [1.29, 1.82) is 0 Å². The Kier molecular flexibility index (Phi) is 5.11. The second-order valence-corrected chi connectivity index (χ2v) is 3.72. The van der Waals surface area contributed by atoms with Crippen LogP contribution in [0, 0.1) is 0 Å². The van der Waals surface area contributed by atoms with Crippen LogP contribution in [0.25, 0.3) is 0 Å². The smallest absolute Gasteiger partial charge is 0.272 e. The van der Waals surface area contributed by atoms with Crippen molar-refractivity contribution >= 4 is 0 Å². The minimum Gasteiger partial charge on any atom is -0.488 e. The third-order valence-electron chi connectivity index (χ3n) is 1.86. The van der Waals surface area contributed by atoms with Crippen molar-refractivity contribution < 1.29 is 13.5 Å². The summed E-state index contributed by atoms with van der Waals surface area (Å²) in [7, 11) is 0. The average Bonchev–Trinajstić information content (AvgIpc) is 2.24. The van der Waals surface area contributed by atoms with Crippen molar-refractivity contribution in [3.63, 3.8) is 0 Å². The van der Waals surface area contributed by atoms with E-state index in [1.165, 1.54) is 0 Å². The second kappa shape index (κ2) is 6.37. The topological polar surface area (TPSA) is 34.1 Å². The van der Waals surface area contributed by atoms with E-state index in [-0.39, 0.29) is 0 Å². The number of halogens is 2. The molecule has 16 heavy (non-hydrogen) atoms. The molecule has 0 atom stereocenters. The molecule has 0 radical (unpaired) electrons. The van der Waals surface area contributed by atoms with E-state index in [2.05, 4.69) is 10.3 Å². The third-order valence-corrected chi connectivity index (χ3v) is 1.86. The van der Waals surface area contributed by atoms with Crippen molar-refractivity contribution in [2.75, 3.05) is 6.61 Å². The first-order chi connectivity index (χ1) is 7.58. The van der Waals surface area contributed by atoms with Gasteiger partial charge in [-0.2, -0.15) is 0 Å². The second-order valence-electron chi connectivity index (χ2n) is 3.72. The van der Waals surface area contributed by atoms with Gasteiger partial charge in [-0.25, -0.2) is 8.78 Å². The molecule has 1 aromatic heterocycles.